The van der Waals surface area contributed by atoms with Crippen molar-refractivity contribution >= 4 is 10.9 Å². The van der Waals surface area contributed by atoms with Gasteiger partial charge in [-0.2, -0.15) is 5.10 Å². The number of fused-ring (bicyclic) bond motifs is 1. The third kappa shape index (κ3) is 2.57. The number of aromatic nitrogens is 2. The maximum atomic E-state index is 6.34. The van der Waals surface area contributed by atoms with Gasteiger partial charge in [-0.3, -0.25) is 4.68 Å². The predicted octanol–water partition coefficient (Wildman–Crippen LogP) is 0.774. The molecule has 0 saturated carbocycles. The number of likely N-dealkylation sites (N-methyl/N-ethyl adjacent to an activating group) is 1. The van der Waals surface area contributed by atoms with Gasteiger partial charge in [0.25, 0.3) is 0 Å². The summed E-state index contributed by atoms with van der Waals surface area (Å²) in [6, 6.07) is 8.26. The highest BCUT2D eigenvalue weighted by Crippen LogP contribution is 2.20. The molecule has 1 aromatic heterocycles. The van der Waals surface area contributed by atoms with Crippen molar-refractivity contribution in [2.45, 2.75) is 18.6 Å². The molecule has 108 valence electrons. The van der Waals surface area contributed by atoms with Crippen LogP contribution in [-0.2, 0) is 18.2 Å². The number of hydrogen-bond donors (Lipinski definition) is 1. The standard InChI is InChI=1S/C15H22N4O/c1-18-7-8-20-15(10-18)12(16)9-13-11-5-3-4-6-14(11)19(2)17-13/h3-6,12,15H,7-10,16H2,1-2H3. The normalized spacial score (nSPS) is 22.2. The largest absolute Gasteiger partial charge is 0.374 e. The van der Waals surface area contributed by atoms with Crippen LogP contribution in [0, 0.1) is 0 Å². The number of aryl methyl sites for hydroxylation is 1. The van der Waals surface area contributed by atoms with Crippen LogP contribution in [0.3, 0.4) is 0 Å². The lowest BCUT2D eigenvalue weighted by molar-refractivity contribution is -0.0320. The van der Waals surface area contributed by atoms with Crippen molar-refractivity contribution in [2.24, 2.45) is 12.8 Å². The van der Waals surface area contributed by atoms with E-state index in [1.165, 1.54) is 5.39 Å². The molecule has 20 heavy (non-hydrogen) atoms. The number of nitrogens with two attached hydrogens (primary N) is 1. The highest BCUT2D eigenvalue weighted by atomic mass is 16.5. The monoisotopic (exact) mass is 274 g/mol. The molecule has 5 heteroatoms. The molecular weight excluding hydrogens is 252 g/mol. The second-order valence-corrected chi connectivity index (χ2v) is 5.63. The molecule has 2 N–H and O–H groups in total. The number of nitrogens with zero attached hydrogens (tertiary/aromatic N) is 3. The fourth-order valence-electron chi connectivity index (χ4n) is 2.86. The zero-order chi connectivity index (χ0) is 14.1. The molecule has 5 nitrogen and oxygen atoms in total. The molecule has 1 aromatic carbocycles. The van der Waals surface area contributed by atoms with Crippen LogP contribution in [0.15, 0.2) is 24.3 Å². The molecule has 2 heterocycles. The summed E-state index contributed by atoms with van der Waals surface area (Å²) in [4.78, 5) is 2.27. The van der Waals surface area contributed by atoms with E-state index in [0.29, 0.717) is 0 Å². The molecule has 2 atom stereocenters. The Bertz CT molecular complexity index is 595. The van der Waals surface area contributed by atoms with E-state index in [2.05, 4.69) is 29.2 Å². The Kier molecular flexibility index (Phi) is 3.74. The van der Waals surface area contributed by atoms with Crippen molar-refractivity contribution in [1.82, 2.24) is 14.7 Å². The maximum Gasteiger partial charge on any atom is 0.0856 e. The van der Waals surface area contributed by atoms with Crippen molar-refractivity contribution in [3.63, 3.8) is 0 Å². The molecule has 0 bridgehead atoms. The van der Waals surface area contributed by atoms with E-state index >= 15 is 0 Å². The van der Waals surface area contributed by atoms with Gasteiger partial charge in [0.1, 0.15) is 0 Å². The zero-order valence-corrected chi connectivity index (χ0v) is 12.1. The molecular formula is C15H22N4O. The Morgan fingerprint density at radius 1 is 1.40 bits per heavy atom. The first-order chi connectivity index (χ1) is 9.65. The molecule has 1 aliphatic heterocycles. The van der Waals surface area contributed by atoms with Gasteiger partial charge in [-0.15, -0.1) is 0 Å². The van der Waals surface area contributed by atoms with E-state index in [4.69, 9.17) is 10.5 Å². The van der Waals surface area contributed by atoms with E-state index in [1.54, 1.807) is 0 Å². The molecule has 1 fully saturated rings. The van der Waals surface area contributed by atoms with Crippen LogP contribution in [0.2, 0.25) is 0 Å². The first-order valence-corrected chi connectivity index (χ1v) is 7.11. The summed E-state index contributed by atoms with van der Waals surface area (Å²) in [6.45, 7) is 2.64. The van der Waals surface area contributed by atoms with E-state index in [9.17, 15) is 0 Å². The van der Waals surface area contributed by atoms with E-state index < -0.39 is 0 Å². The second kappa shape index (κ2) is 5.52. The van der Waals surface area contributed by atoms with Crippen LogP contribution in [0.5, 0.6) is 0 Å². The van der Waals surface area contributed by atoms with Crippen molar-refractivity contribution < 1.29 is 4.74 Å². The fraction of sp³-hybridized carbons (Fsp3) is 0.533. The average molecular weight is 274 g/mol. The van der Waals surface area contributed by atoms with Crippen LogP contribution < -0.4 is 5.73 Å². The summed E-state index contributed by atoms with van der Waals surface area (Å²) < 4.78 is 7.72. The highest BCUT2D eigenvalue weighted by Gasteiger charge is 2.25. The van der Waals surface area contributed by atoms with Gasteiger partial charge in [0.15, 0.2) is 0 Å². The molecule has 2 aromatic rings. The number of benzene rings is 1. The summed E-state index contributed by atoms with van der Waals surface area (Å²) in [6.07, 6.45) is 0.842. The van der Waals surface area contributed by atoms with E-state index in [0.717, 1.165) is 37.3 Å². The van der Waals surface area contributed by atoms with Gasteiger partial charge in [0, 0.05) is 38.0 Å². The fourth-order valence-corrected chi connectivity index (χ4v) is 2.86. The minimum absolute atomic E-state index is 0.0175. The Morgan fingerprint density at radius 2 is 2.20 bits per heavy atom. The van der Waals surface area contributed by atoms with Crippen molar-refractivity contribution in [3.05, 3.63) is 30.0 Å². The average Bonchev–Trinajstić information content (AvgIpc) is 2.76. The summed E-state index contributed by atoms with van der Waals surface area (Å²) in [5.41, 5.74) is 8.55. The zero-order valence-electron chi connectivity index (χ0n) is 12.1. The van der Waals surface area contributed by atoms with Crippen molar-refractivity contribution in [3.8, 4) is 0 Å². The Balaban J connectivity index is 1.79. The number of morpholine rings is 1. The minimum atomic E-state index is -0.0175. The third-order valence-electron chi connectivity index (χ3n) is 4.04. The number of ether oxygens (including phenoxy) is 1. The van der Waals surface area contributed by atoms with Gasteiger partial charge in [-0.25, -0.2) is 0 Å². The van der Waals surface area contributed by atoms with Gasteiger partial charge < -0.3 is 15.4 Å². The molecule has 1 saturated heterocycles. The molecule has 0 amide bonds. The number of para-hydroxylation sites is 1. The summed E-state index contributed by atoms with van der Waals surface area (Å²) in [7, 11) is 4.08. The van der Waals surface area contributed by atoms with E-state index in [1.807, 2.05) is 23.9 Å². The topological polar surface area (TPSA) is 56.3 Å². The molecule has 0 spiro atoms. The van der Waals surface area contributed by atoms with Crippen molar-refractivity contribution in [2.75, 3.05) is 26.7 Å². The number of rotatable bonds is 3. The van der Waals surface area contributed by atoms with Gasteiger partial charge in [0.2, 0.25) is 0 Å². The van der Waals surface area contributed by atoms with Crippen LogP contribution in [0.25, 0.3) is 10.9 Å². The minimum Gasteiger partial charge on any atom is -0.374 e. The lowest BCUT2D eigenvalue weighted by Gasteiger charge is -2.33. The summed E-state index contributed by atoms with van der Waals surface area (Å²) in [5.74, 6) is 0. The lowest BCUT2D eigenvalue weighted by atomic mass is 10.0. The SMILES string of the molecule is CN1CCOC(C(N)Cc2nn(C)c3ccccc23)C1. The molecule has 0 aliphatic carbocycles. The first-order valence-electron chi connectivity index (χ1n) is 7.11. The second-order valence-electron chi connectivity index (χ2n) is 5.63. The maximum absolute atomic E-state index is 6.34. The lowest BCUT2D eigenvalue weighted by Crippen LogP contribution is -2.50. The van der Waals surface area contributed by atoms with Crippen LogP contribution in [0.1, 0.15) is 5.69 Å². The van der Waals surface area contributed by atoms with Crippen LogP contribution in [-0.4, -0.2) is 53.6 Å². The Labute approximate surface area is 119 Å². The summed E-state index contributed by atoms with van der Waals surface area (Å²) in [5, 5.41) is 5.80. The predicted molar refractivity (Wildman–Crippen MR) is 79.6 cm³/mol. The summed E-state index contributed by atoms with van der Waals surface area (Å²) >= 11 is 0. The van der Waals surface area contributed by atoms with Gasteiger partial charge in [-0.1, -0.05) is 18.2 Å². The van der Waals surface area contributed by atoms with E-state index in [-0.39, 0.29) is 12.1 Å². The first kappa shape index (κ1) is 13.5. The van der Waals surface area contributed by atoms with Crippen molar-refractivity contribution in [1.29, 1.82) is 0 Å². The Hall–Kier alpha value is -1.43. The van der Waals surface area contributed by atoms with Crippen LogP contribution >= 0.6 is 0 Å². The van der Waals surface area contributed by atoms with Crippen LogP contribution in [0.4, 0.5) is 0 Å². The van der Waals surface area contributed by atoms with Gasteiger partial charge in [-0.05, 0) is 13.1 Å². The highest BCUT2D eigenvalue weighted by molar-refractivity contribution is 5.81. The smallest absolute Gasteiger partial charge is 0.0856 e. The molecule has 3 rings (SSSR count). The number of hydrogen-bond acceptors (Lipinski definition) is 4. The molecule has 0 radical (unpaired) electrons. The van der Waals surface area contributed by atoms with Gasteiger partial charge >= 0.3 is 0 Å². The molecule has 2 unspecified atom stereocenters. The quantitative estimate of drug-likeness (QED) is 0.898. The Morgan fingerprint density at radius 3 is 3.00 bits per heavy atom. The third-order valence-corrected chi connectivity index (χ3v) is 4.04. The molecule has 1 aliphatic rings. The van der Waals surface area contributed by atoms with Gasteiger partial charge in [0.05, 0.1) is 23.9 Å².